The summed E-state index contributed by atoms with van der Waals surface area (Å²) < 4.78 is 13.6. The third-order valence-corrected chi connectivity index (χ3v) is 7.93. The Bertz CT molecular complexity index is 1190. The molecule has 9 nitrogen and oxygen atoms in total. The summed E-state index contributed by atoms with van der Waals surface area (Å²) in [6.07, 6.45) is -0.389. The molecule has 3 atom stereocenters. The van der Waals surface area contributed by atoms with E-state index >= 15 is 0 Å². The highest BCUT2D eigenvalue weighted by Gasteiger charge is 2.32. The minimum Gasteiger partial charge on any atom is -0.481 e. The monoisotopic (exact) mass is 543 g/mol. The molecule has 2 aromatic carbocycles. The number of carboxylic acids is 1. The van der Waals surface area contributed by atoms with Gasteiger partial charge in [0.2, 0.25) is 5.91 Å². The Morgan fingerprint density at radius 2 is 1.73 bits per heavy atom. The molecule has 1 aromatic heterocycles. The SMILES string of the molecule is Cc1nnc(SC[C@H]2C[C@@H](c3ccc(CO)cc3)O[C@@H](c3ccc(CNC(=O)CCC(=O)O)cc3)O2)s1. The van der Waals surface area contributed by atoms with E-state index in [0.717, 1.165) is 31.6 Å². The molecular weight excluding hydrogens is 514 g/mol. The molecule has 0 saturated carbocycles. The van der Waals surface area contributed by atoms with Crippen molar-refractivity contribution >= 4 is 35.0 Å². The van der Waals surface area contributed by atoms with E-state index in [1.807, 2.05) is 55.5 Å². The van der Waals surface area contributed by atoms with Crippen molar-refractivity contribution < 1.29 is 29.3 Å². The van der Waals surface area contributed by atoms with Gasteiger partial charge in [-0.15, -0.1) is 10.2 Å². The van der Waals surface area contributed by atoms with E-state index in [4.69, 9.17) is 14.6 Å². The molecular formula is C26H29N3O6S2. The van der Waals surface area contributed by atoms with Crippen LogP contribution in [-0.2, 0) is 32.2 Å². The number of hydrogen-bond acceptors (Lipinski definition) is 9. The van der Waals surface area contributed by atoms with Gasteiger partial charge in [0.05, 0.1) is 25.2 Å². The van der Waals surface area contributed by atoms with E-state index in [1.54, 1.807) is 23.1 Å². The lowest BCUT2D eigenvalue weighted by Gasteiger charge is -2.36. The van der Waals surface area contributed by atoms with Crippen molar-refractivity contribution in [2.24, 2.45) is 0 Å². The Labute approximate surface area is 223 Å². The van der Waals surface area contributed by atoms with E-state index < -0.39 is 12.3 Å². The van der Waals surface area contributed by atoms with Gasteiger partial charge in [-0.25, -0.2) is 0 Å². The van der Waals surface area contributed by atoms with Gasteiger partial charge in [-0.1, -0.05) is 71.6 Å². The Morgan fingerprint density at radius 3 is 2.38 bits per heavy atom. The number of hydrogen-bond donors (Lipinski definition) is 3. The first-order valence-electron chi connectivity index (χ1n) is 11.9. The van der Waals surface area contributed by atoms with Gasteiger partial charge in [-0.3, -0.25) is 9.59 Å². The summed E-state index contributed by atoms with van der Waals surface area (Å²) in [5, 5.41) is 30.0. The number of aryl methyl sites for hydroxylation is 1. The number of nitrogens with one attached hydrogen (secondary N) is 1. The van der Waals surface area contributed by atoms with Crippen molar-refractivity contribution in [3.63, 3.8) is 0 Å². The third kappa shape index (κ3) is 8.08. The molecule has 1 amide bonds. The summed E-state index contributed by atoms with van der Waals surface area (Å²) >= 11 is 3.18. The lowest BCUT2D eigenvalue weighted by molar-refractivity contribution is -0.245. The number of amides is 1. The predicted octanol–water partition coefficient (Wildman–Crippen LogP) is 4.16. The number of ether oxygens (including phenoxy) is 2. The summed E-state index contributed by atoms with van der Waals surface area (Å²) in [6.45, 7) is 2.23. The van der Waals surface area contributed by atoms with Crippen LogP contribution in [-0.4, -0.2) is 44.1 Å². The van der Waals surface area contributed by atoms with Gasteiger partial charge in [0.15, 0.2) is 10.6 Å². The molecule has 0 unspecified atom stereocenters. The van der Waals surface area contributed by atoms with Crippen LogP contribution in [0.1, 0.15) is 58.9 Å². The zero-order valence-corrected chi connectivity index (χ0v) is 22.0. The number of carbonyl (C=O) groups excluding carboxylic acids is 1. The minimum absolute atomic E-state index is 0.00949. The molecule has 0 bridgehead atoms. The molecule has 3 N–H and O–H groups in total. The maximum atomic E-state index is 11.8. The Kier molecular flexibility index (Phi) is 9.64. The van der Waals surface area contributed by atoms with Gasteiger partial charge in [0.25, 0.3) is 0 Å². The lowest BCUT2D eigenvalue weighted by atomic mass is 10.0. The molecule has 2 heterocycles. The second kappa shape index (κ2) is 13.1. The van der Waals surface area contributed by atoms with Crippen molar-refractivity contribution in [1.29, 1.82) is 0 Å². The molecule has 11 heteroatoms. The number of aliphatic hydroxyl groups excluding tert-OH is 1. The van der Waals surface area contributed by atoms with Crippen LogP contribution in [0.2, 0.25) is 0 Å². The van der Waals surface area contributed by atoms with Gasteiger partial charge in [0.1, 0.15) is 5.01 Å². The van der Waals surface area contributed by atoms with Crippen LogP contribution >= 0.6 is 23.1 Å². The summed E-state index contributed by atoms with van der Waals surface area (Å²) in [6, 6.07) is 15.4. The maximum absolute atomic E-state index is 11.8. The van der Waals surface area contributed by atoms with E-state index in [1.165, 1.54) is 0 Å². The smallest absolute Gasteiger partial charge is 0.303 e. The van der Waals surface area contributed by atoms with Crippen LogP contribution in [0.3, 0.4) is 0 Å². The number of carbonyl (C=O) groups is 2. The fourth-order valence-electron chi connectivity index (χ4n) is 3.83. The molecule has 1 aliphatic heterocycles. The number of aromatic nitrogens is 2. The molecule has 1 fully saturated rings. The molecule has 1 saturated heterocycles. The predicted molar refractivity (Wildman–Crippen MR) is 139 cm³/mol. The summed E-state index contributed by atoms with van der Waals surface area (Å²) in [7, 11) is 0. The van der Waals surface area contributed by atoms with Crippen molar-refractivity contribution in [1.82, 2.24) is 15.5 Å². The second-order valence-electron chi connectivity index (χ2n) is 8.66. The first-order chi connectivity index (χ1) is 17.9. The highest BCUT2D eigenvalue weighted by molar-refractivity contribution is 8.01. The van der Waals surface area contributed by atoms with Gasteiger partial charge in [-0.2, -0.15) is 0 Å². The van der Waals surface area contributed by atoms with Gasteiger partial charge in [0, 0.05) is 30.7 Å². The van der Waals surface area contributed by atoms with Crippen molar-refractivity contribution in [3.05, 3.63) is 75.8 Å². The summed E-state index contributed by atoms with van der Waals surface area (Å²) in [5.74, 6) is -0.587. The second-order valence-corrected chi connectivity index (χ2v) is 11.1. The fourth-order valence-corrected chi connectivity index (χ4v) is 5.69. The van der Waals surface area contributed by atoms with Crippen LogP contribution in [0.5, 0.6) is 0 Å². The highest BCUT2D eigenvalue weighted by Crippen LogP contribution is 2.39. The average Bonchev–Trinajstić information content (AvgIpc) is 3.34. The zero-order valence-electron chi connectivity index (χ0n) is 20.3. The van der Waals surface area contributed by atoms with E-state index in [9.17, 15) is 14.7 Å². The Hall–Kier alpha value is -2.83. The van der Waals surface area contributed by atoms with Crippen LogP contribution in [0.4, 0.5) is 0 Å². The van der Waals surface area contributed by atoms with E-state index in [0.29, 0.717) is 18.7 Å². The van der Waals surface area contributed by atoms with Crippen LogP contribution in [0.15, 0.2) is 52.9 Å². The van der Waals surface area contributed by atoms with Crippen molar-refractivity contribution in [2.45, 2.75) is 62.2 Å². The lowest BCUT2D eigenvalue weighted by Crippen LogP contribution is -2.31. The molecule has 0 radical (unpaired) electrons. The van der Waals surface area contributed by atoms with Crippen LogP contribution in [0.25, 0.3) is 0 Å². The first-order valence-corrected chi connectivity index (χ1v) is 13.7. The first kappa shape index (κ1) is 27.2. The molecule has 196 valence electrons. The summed E-state index contributed by atoms with van der Waals surface area (Å²) in [5.41, 5.74) is 3.61. The number of carboxylic acid groups (broad SMARTS) is 1. The number of rotatable bonds is 11. The normalized spacial score (nSPS) is 19.5. The van der Waals surface area contributed by atoms with Gasteiger partial charge < -0.3 is 25.0 Å². The standard InChI is InChI=1S/C26H29N3O6S2/c1-16-28-29-26(37-16)36-15-21-12-22(19-6-4-18(14-30)5-7-19)35-25(34-21)20-8-2-17(3-9-20)13-27-23(31)10-11-24(32)33/h2-9,21-22,25,30H,10-15H2,1H3,(H,27,31)(H,32,33)/t21-,22+,25+/m1/s1. The number of aliphatic hydroxyl groups is 1. The number of aliphatic carboxylic acids is 1. The van der Waals surface area contributed by atoms with Crippen LogP contribution in [0, 0.1) is 6.92 Å². The zero-order chi connectivity index (χ0) is 26.2. The number of benzene rings is 2. The topological polar surface area (TPSA) is 131 Å². The average molecular weight is 544 g/mol. The largest absolute Gasteiger partial charge is 0.481 e. The van der Waals surface area contributed by atoms with Gasteiger partial charge >= 0.3 is 5.97 Å². The molecule has 0 aliphatic carbocycles. The fraction of sp³-hybridized carbons (Fsp3) is 0.385. The highest BCUT2D eigenvalue weighted by atomic mass is 32.2. The summed E-state index contributed by atoms with van der Waals surface area (Å²) in [4.78, 5) is 22.4. The Balaban J connectivity index is 1.42. The quantitative estimate of drug-likeness (QED) is 0.305. The van der Waals surface area contributed by atoms with Gasteiger partial charge in [-0.05, 0) is 23.6 Å². The minimum atomic E-state index is -0.996. The van der Waals surface area contributed by atoms with Crippen LogP contribution < -0.4 is 5.32 Å². The third-order valence-electron chi connectivity index (χ3n) is 5.82. The number of thioether (sulfide) groups is 1. The molecule has 0 spiro atoms. The molecule has 37 heavy (non-hydrogen) atoms. The van der Waals surface area contributed by atoms with E-state index in [-0.39, 0.29) is 37.6 Å². The van der Waals surface area contributed by atoms with Crippen molar-refractivity contribution in [2.75, 3.05) is 5.75 Å². The molecule has 1 aliphatic rings. The number of nitrogens with zero attached hydrogens (tertiary/aromatic N) is 2. The maximum Gasteiger partial charge on any atom is 0.303 e. The molecule has 4 rings (SSSR count). The van der Waals surface area contributed by atoms with Crippen molar-refractivity contribution in [3.8, 4) is 0 Å². The Morgan fingerprint density at radius 1 is 1.03 bits per heavy atom. The molecule has 3 aromatic rings. The van der Waals surface area contributed by atoms with E-state index in [2.05, 4.69) is 15.5 Å².